The van der Waals surface area contributed by atoms with Crippen molar-refractivity contribution in [2.45, 2.75) is 44.6 Å². The number of carbonyl (C=O) groups is 1. The van der Waals surface area contributed by atoms with E-state index in [2.05, 4.69) is 10.6 Å². The highest BCUT2D eigenvalue weighted by Gasteiger charge is 2.31. The van der Waals surface area contributed by atoms with E-state index >= 15 is 0 Å². The summed E-state index contributed by atoms with van der Waals surface area (Å²) in [6, 6.07) is 9.72. The van der Waals surface area contributed by atoms with Gasteiger partial charge in [0.2, 0.25) is 0 Å². The Labute approximate surface area is 147 Å². The molecule has 1 aliphatic heterocycles. The van der Waals surface area contributed by atoms with E-state index in [0.717, 1.165) is 42.2 Å². The van der Waals surface area contributed by atoms with Gasteiger partial charge in [-0.05, 0) is 44.7 Å². The van der Waals surface area contributed by atoms with Crippen LogP contribution in [-0.4, -0.2) is 35.1 Å². The molecule has 1 saturated carbocycles. The van der Waals surface area contributed by atoms with Crippen LogP contribution in [0.25, 0.3) is 5.69 Å². The largest absolute Gasteiger partial charge is 0.376 e. The molecule has 2 aromatic rings. The number of hydrogen-bond acceptors (Lipinski definition) is 3. The Morgan fingerprint density at radius 1 is 1.28 bits per heavy atom. The molecule has 2 N–H and O–H groups in total. The SMILES string of the molecule is Cc1c(C2CC2)nn(-c2ccccc2)c1NC(=O)NCC1CCCO1. The number of benzene rings is 1. The minimum absolute atomic E-state index is 0.132. The average Bonchev–Trinajstić information content (AvgIpc) is 3.24. The van der Waals surface area contributed by atoms with E-state index in [1.165, 1.54) is 12.8 Å². The summed E-state index contributed by atoms with van der Waals surface area (Å²) in [5.74, 6) is 1.28. The lowest BCUT2D eigenvalue weighted by molar-refractivity contribution is 0.112. The fourth-order valence-electron chi connectivity index (χ4n) is 3.32. The van der Waals surface area contributed by atoms with Crippen molar-refractivity contribution in [2.75, 3.05) is 18.5 Å². The van der Waals surface area contributed by atoms with Crippen molar-refractivity contribution in [3.63, 3.8) is 0 Å². The molecule has 132 valence electrons. The molecule has 2 aliphatic rings. The molecular weight excluding hydrogens is 316 g/mol. The number of para-hydroxylation sites is 1. The first-order valence-corrected chi connectivity index (χ1v) is 9.04. The lowest BCUT2D eigenvalue weighted by atomic mass is 10.2. The van der Waals surface area contributed by atoms with Gasteiger partial charge in [-0.1, -0.05) is 18.2 Å². The lowest BCUT2D eigenvalue weighted by Crippen LogP contribution is -2.35. The molecule has 1 unspecified atom stereocenters. The summed E-state index contributed by atoms with van der Waals surface area (Å²) < 4.78 is 7.40. The van der Waals surface area contributed by atoms with Crippen molar-refractivity contribution in [2.24, 2.45) is 0 Å². The fraction of sp³-hybridized carbons (Fsp3) is 0.474. The first kappa shape index (κ1) is 16.1. The van der Waals surface area contributed by atoms with Crippen LogP contribution in [0.3, 0.4) is 0 Å². The van der Waals surface area contributed by atoms with Crippen LogP contribution in [-0.2, 0) is 4.74 Å². The average molecular weight is 340 g/mol. The van der Waals surface area contributed by atoms with Crippen LogP contribution in [0.2, 0.25) is 0 Å². The van der Waals surface area contributed by atoms with Crippen LogP contribution >= 0.6 is 0 Å². The molecule has 2 fully saturated rings. The van der Waals surface area contributed by atoms with Crippen LogP contribution < -0.4 is 10.6 Å². The van der Waals surface area contributed by atoms with Crippen molar-refractivity contribution < 1.29 is 9.53 Å². The third-order valence-corrected chi connectivity index (χ3v) is 4.87. The summed E-state index contributed by atoms with van der Waals surface area (Å²) in [5.41, 5.74) is 3.10. The van der Waals surface area contributed by atoms with E-state index < -0.39 is 0 Å². The molecule has 1 aliphatic carbocycles. The maximum absolute atomic E-state index is 12.4. The van der Waals surface area contributed by atoms with Crippen LogP contribution in [0.15, 0.2) is 30.3 Å². The standard InChI is InChI=1S/C19H24N4O2/c1-13-17(14-9-10-14)22-23(15-6-3-2-4-7-15)18(13)21-19(24)20-12-16-8-5-11-25-16/h2-4,6-7,14,16H,5,8-12H2,1H3,(H2,20,21,24). The number of rotatable bonds is 5. The number of urea groups is 1. The number of nitrogens with zero attached hydrogens (tertiary/aromatic N) is 2. The zero-order valence-electron chi connectivity index (χ0n) is 14.5. The minimum Gasteiger partial charge on any atom is -0.376 e. The summed E-state index contributed by atoms with van der Waals surface area (Å²) in [6.07, 6.45) is 4.56. The van der Waals surface area contributed by atoms with E-state index in [4.69, 9.17) is 9.84 Å². The van der Waals surface area contributed by atoms with Crippen molar-refractivity contribution in [3.05, 3.63) is 41.6 Å². The second kappa shape index (κ2) is 6.88. The van der Waals surface area contributed by atoms with Gasteiger partial charge in [0.05, 0.1) is 17.5 Å². The molecule has 4 rings (SSSR count). The molecule has 2 heterocycles. The highest BCUT2D eigenvalue weighted by atomic mass is 16.5. The Kier molecular flexibility index (Phi) is 4.44. The fourth-order valence-corrected chi connectivity index (χ4v) is 3.32. The van der Waals surface area contributed by atoms with Crippen molar-refractivity contribution in [1.82, 2.24) is 15.1 Å². The Bertz CT molecular complexity index is 746. The zero-order valence-corrected chi connectivity index (χ0v) is 14.5. The number of anilines is 1. The van der Waals surface area contributed by atoms with Gasteiger partial charge in [-0.25, -0.2) is 9.48 Å². The molecule has 0 radical (unpaired) electrons. The maximum Gasteiger partial charge on any atom is 0.320 e. The number of hydrogen-bond donors (Lipinski definition) is 2. The normalized spacial score (nSPS) is 19.8. The first-order chi connectivity index (χ1) is 12.2. The predicted octanol–water partition coefficient (Wildman–Crippen LogP) is 3.36. The first-order valence-electron chi connectivity index (χ1n) is 9.04. The zero-order chi connectivity index (χ0) is 17.2. The van der Waals surface area contributed by atoms with Gasteiger partial charge in [0.15, 0.2) is 0 Å². The summed E-state index contributed by atoms with van der Waals surface area (Å²) in [5, 5.41) is 10.7. The monoisotopic (exact) mass is 340 g/mol. The molecule has 6 heteroatoms. The van der Waals surface area contributed by atoms with Gasteiger partial charge < -0.3 is 10.1 Å². The van der Waals surface area contributed by atoms with E-state index in [0.29, 0.717) is 12.5 Å². The molecule has 1 aromatic carbocycles. The third-order valence-electron chi connectivity index (χ3n) is 4.87. The molecular formula is C19H24N4O2. The highest BCUT2D eigenvalue weighted by molar-refractivity contribution is 5.89. The minimum atomic E-state index is -0.210. The Morgan fingerprint density at radius 2 is 2.08 bits per heavy atom. The molecule has 1 aromatic heterocycles. The van der Waals surface area contributed by atoms with Gasteiger partial charge in [0.1, 0.15) is 5.82 Å². The van der Waals surface area contributed by atoms with Crippen molar-refractivity contribution >= 4 is 11.8 Å². The molecule has 2 amide bonds. The summed E-state index contributed by atoms with van der Waals surface area (Å²) in [7, 11) is 0. The number of aromatic nitrogens is 2. The number of nitrogens with one attached hydrogen (secondary N) is 2. The van der Waals surface area contributed by atoms with Gasteiger partial charge >= 0.3 is 6.03 Å². The van der Waals surface area contributed by atoms with Crippen LogP contribution in [0.4, 0.5) is 10.6 Å². The van der Waals surface area contributed by atoms with Gasteiger partial charge in [0.25, 0.3) is 0 Å². The second-order valence-corrected chi connectivity index (χ2v) is 6.85. The van der Waals surface area contributed by atoms with E-state index in [9.17, 15) is 4.79 Å². The van der Waals surface area contributed by atoms with Gasteiger partial charge in [-0.3, -0.25) is 5.32 Å². The Morgan fingerprint density at radius 3 is 2.76 bits per heavy atom. The molecule has 1 atom stereocenters. The molecule has 25 heavy (non-hydrogen) atoms. The van der Waals surface area contributed by atoms with Crippen LogP contribution in [0, 0.1) is 6.92 Å². The van der Waals surface area contributed by atoms with Gasteiger partial charge in [-0.15, -0.1) is 0 Å². The van der Waals surface area contributed by atoms with Crippen molar-refractivity contribution in [3.8, 4) is 5.69 Å². The topological polar surface area (TPSA) is 68.2 Å². The molecule has 0 spiro atoms. The summed E-state index contributed by atoms with van der Waals surface area (Å²) >= 11 is 0. The number of amides is 2. The van der Waals surface area contributed by atoms with Crippen LogP contribution in [0.1, 0.15) is 42.9 Å². The predicted molar refractivity (Wildman–Crippen MR) is 96.3 cm³/mol. The quantitative estimate of drug-likeness (QED) is 0.877. The second-order valence-electron chi connectivity index (χ2n) is 6.85. The molecule has 6 nitrogen and oxygen atoms in total. The number of ether oxygens (including phenoxy) is 1. The van der Waals surface area contributed by atoms with E-state index in [1.54, 1.807) is 0 Å². The smallest absolute Gasteiger partial charge is 0.320 e. The highest BCUT2D eigenvalue weighted by Crippen LogP contribution is 2.42. The maximum atomic E-state index is 12.4. The molecule has 0 bridgehead atoms. The van der Waals surface area contributed by atoms with Crippen molar-refractivity contribution in [1.29, 1.82) is 0 Å². The van der Waals surface area contributed by atoms with Gasteiger partial charge in [-0.2, -0.15) is 5.10 Å². The Balaban J connectivity index is 1.53. The molecule has 1 saturated heterocycles. The number of carbonyl (C=O) groups excluding carboxylic acids is 1. The lowest BCUT2D eigenvalue weighted by Gasteiger charge is -2.13. The Hall–Kier alpha value is -2.34. The van der Waals surface area contributed by atoms with Gasteiger partial charge in [0, 0.05) is 24.6 Å². The summed E-state index contributed by atoms with van der Waals surface area (Å²) in [6.45, 7) is 3.37. The summed E-state index contributed by atoms with van der Waals surface area (Å²) in [4.78, 5) is 12.4. The van der Waals surface area contributed by atoms with E-state index in [1.807, 2.05) is 41.9 Å². The third kappa shape index (κ3) is 3.54. The van der Waals surface area contributed by atoms with E-state index in [-0.39, 0.29) is 12.1 Å². The van der Waals surface area contributed by atoms with Crippen LogP contribution in [0.5, 0.6) is 0 Å².